The molecule has 0 aromatic carbocycles. The van der Waals surface area contributed by atoms with E-state index in [0.717, 1.165) is 89.9 Å². The van der Waals surface area contributed by atoms with E-state index in [1.54, 1.807) is 0 Å². The predicted octanol–water partition coefficient (Wildman–Crippen LogP) is 16.1. The Morgan fingerprint density at radius 2 is 0.695 bits per heavy atom. The first-order valence-corrected chi connectivity index (χ1v) is 24.8. The Kier molecular flexibility index (Phi) is 45.4. The molecule has 0 rings (SSSR count). The lowest BCUT2D eigenvalue weighted by atomic mass is 10.0. The Bertz CT molecular complexity index is 1090. The normalized spacial score (nSPS) is 12.5. The van der Waals surface area contributed by atoms with Crippen molar-refractivity contribution in [2.75, 3.05) is 13.2 Å². The van der Waals surface area contributed by atoms with Crippen LogP contribution >= 0.6 is 0 Å². The number of esters is 3. The molecule has 1 atom stereocenters. The first-order chi connectivity index (χ1) is 29.0. The standard InChI is InChI=1S/C53H92O6/c1-4-7-10-13-16-19-22-24-25-26-27-28-30-31-34-37-40-43-46-52(55)58-49-50(48-57-51(54)45-42-39-36-33-21-18-15-12-9-6-3)59-53(56)47-44-41-38-35-32-29-23-20-17-14-11-8-5-2/h8,11,14-15,17-18,20,23,29,32,50H,4-7,9-10,12-13,16,19,21-22,24-28,30-31,33-49H2,1-3H3/b11-8-,17-14-,18-15-,23-20-,32-29-. The van der Waals surface area contributed by atoms with Crippen LogP contribution in [0.1, 0.15) is 239 Å². The van der Waals surface area contributed by atoms with Crippen LogP contribution < -0.4 is 0 Å². The van der Waals surface area contributed by atoms with Gasteiger partial charge in [-0.05, 0) is 57.8 Å². The van der Waals surface area contributed by atoms with Crippen LogP contribution in [-0.2, 0) is 28.6 Å². The largest absolute Gasteiger partial charge is 0.462 e. The van der Waals surface area contributed by atoms with Crippen molar-refractivity contribution in [1.82, 2.24) is 0 Å². The monoisotopic (exact) mass is 825 g/mol. The molecule has 1 unspecified atom stereocenters. The van der Waals surface area contributed by atoms with Crippen LogP contribution in [0.4, 0.5) is 0 Å². The molecule has 0 spiro atoms. The van der Waals surface area contributed by atoms with E-state index >= 15 is 0 Å². The van der Waals surface area contributed by atoms with Crippen LogP contribution in [0.25, 0.3) is 0 Å². The fraction of sp³-hybridized carbons (Fsp3) is 0.755. The zero-order valence-corrected chi connectivity index (χ0v) is 38.8. The van der Waals surface area contributed by atoms with E-state index in [1.807, 2.05) is 36.5 Å². The van der Waals surface area contributed by atoms with Crippen molar-refractivity contribution in [3.05, 3.63) is 60.8 Å². The minimum absolute atomic E-state index is 0.0922. The third kappa shape index (κ3) is 46.0. The van der Waals surface area contributed by atoms with Gasteiger partial charge in [0.25, 0.3) is 0 Å². The summed E-state index contributed by atoms with van der Waals surface area (Å²) >= 11 is 0. The number of hydrogen-bond donors (Lipinski definition) is 0. The maximum atomic E-state index is 12.7. The molecule has 0 N–H and O–H groups in total. The molecule has 340 valence electrons. The molecular weight excluding hydrogens is 733 g/mol. The summed E-state index contributed by atoms with van der Waals surface area (Å²) in [6.07, 6.45) is 57.8. The summed E-state index contributed by atoms with van der Waals surface area (Å²) in [5.74, 6) is -0.944. The van der Waals surface area contributed by atoms with Gasteiger partial charge in [-0.1, -0.05) is 223 Å². The summed E-state index contributed by atoms with van der Waals surface area (Å²) < 4.78 is 16.7. The Morgan fingerprint density at radius 3 is 1.15 bits per heavy atom. The van der Waals surface area contributed by atoms with E-state index in [9.17, 15) is 14.4 Å². The van der Waals surface area contributed by atoms with Crippen molar-refractivity contribution in [2.24, 2.45) is 0 Å². The Hall–Kier alpha value is -2.89. The third-order valence-corrected chi connectivity index (χ3v) is 10.6. The molecule has 0 fully saturated rings. The van der Waals surface area contributed by atoms with Gasteiger partial charge in [-0.15, -0.1) is 0 Å². The molecule has 6 heteroatoms. The maximum Gasteiger partial charge on any atom is 0.306 e. The highest BCUT2D eigenvalue weighted by Gasteiger charge is 2.19. The number of carbonyl (C=O) groups is 3. The Labute approximate surface area is 364 Å². The van der Waals surface area contributed by atoms with E-state index in [-0.39, 0.29) is 37.5 Å². The summed E-state index contributed by atoms with van der Waals surface area (Å²) in [5.41, 5.74) is 0. The number of unbranched alkanes of at least 4 members (excludes halogenated alkanes) is 26. The fourth-order valence-electron chi connectivity index (χ4n) is 6.85. The Balaban J connectivity index is 4.36. The number of hydrogen-bond acceptors (Lipinski definition) is 6. The summed E-state index contributed by atoms with van der Waals surface area (Å²) in [5, 5.41) is 0. The molecule has 6 nitrogen and oxygen atoms in total. The van der Waals surface area contributed by atoms with Gasteiger partial charge in [-0.3, -0.25) is 14.4 Å². The van der Waals surface area contributed by atoms with E-state index < -0.39 is 6.10 Å². The van der Waals surface area contributed by atoms with Crippen molar-refractivity contribution in [2.45, 2.75) is 245 Å². The molecule has 0 aliphatic heterocycles. The van der Waals surface area contributed by atoms with Gasteiger partial charge in [0.1, 0.15) is 13.2 Å². The minimum atomic E-state index is -0.795. The zero-order chi connectivity index (χ0) is 43.0. The molecule has 0 aromatic rings. The average Bonchev–Trinajstić information content (AvgIpc) is 3.23. The SMILES string of the molecule is CC\C=C/C=C\C=C/C=C\CCCCCC(=O)OC(COC(=O)CCCCCC/C=C\CCCC)COC(=O)CCCCCCCCCCCCCCCCCCCC. The van der Waals surface area contributed by atoms with Gasteiger partial charge in [0.2, 0.25) is 0 Å². The first-order valence-electron chi connectivity index (χ1n) is 24.8. The smallest absolute Gasteiger partial charge is 0.306 e. The number of carbonyl (C=O) groups excluding carboxylic acids is 3. The highest BCUT2D eigenvalue weighted by atomic mass is 16.6. The second-order valence-corrected chi connectivity index (χ2v) is 16.4. The van der Waals surface area contributed by atoms with Gasteiger partial charge in [0, 0.05) is 19.3 Å². The summed E-state index contributed by atoms with van der Waals surface area (Å²) in [7, 11) is 0. The van der Waals surface area contributed by atoms with Gasteiger partial charge in [-0.25, -0.2) is 0 Å². The molecule has 0 aromatic heterocycles. The molecule has 0 aliphatic carbocycles. The molecule has 0 radical (unpaired) electrons. The van der Waals surface area contributed by atoms with Crippen LogP contribution in [0.2, 0.25) is 0 Å². The second kappa shape index (κ2) is 47.8. The summed E-state index contributed by atoms with van der Waals surface area (Å²) in [6.45, 7) is 6.42. The topological polar surface area (TPSA) is 78.9 Å². The summed E-state index contributed by atoms with van der Waals surface area (Å²) in [6, 6.07) is 0. The van der Waals surface area contributed by atoms with E-state index in [4.69, 9.17) is 14.2 Å². The molecule has 0 heterocycles. The van der Waals surface area contributed by atoms with E-state index in [2.05, 4.69) is 45.1 Å². The van der Waals surface area contributed by atoms with Crippen LogP contribution in [0.15, 0.2) is 60.8 Å². The average molecular weight is 825 g/mol. The molecule has 0 saturated carbocycles. The highest BCUT2D eigenvalue weighted by Crippen LogP contribution is 2.15. The lowest BCUT2D eigenvalue weighted by Crippen LogP contribution is -2.30. The van der Waals surface area contributed by atoms with Crippen LogP contribution in [0, 0.1) is 0 Å². The van der Waals surface area contributed by atoms with Gasteiger partial charge >= 0.3 is 17.9 Å². The molecule has 0 bridgehead atoms. The highest BCUT2D eigenvalue weighted by molar-refractivity contribution is 5.71. The third-order valence-electron chi connectivity index (χ3n) is 10.6. The second-order valence-electron chi connectivity index (χ2n) is 16.4. The lowest BCUT2D eigenvalue weighted by molar-refractivity contribution is -0.167. The summed E-state index contributed by atoms with van der Waals surface area (Å²) in [4.78, 5) is 37.8. The van der Waals surface area contributed by atoms with Gasteiger partial charge in [0.05, 0.1) is 0 Å². The van der Waals surface area contributed by atoms with Crippen molar-refractivity contribution < 1.29 is 28.6 Å². The van der Waals surface area contributed by atoms with Gasteiger partial charge < -0.3 is 14.2 Å². The van der Waals surface area contributed by atoms with Crippen molar-refractivity contribution >= 4 is 17.9 Å². The van der Waals surface area contributed by atoms with Crippen LogP contribution in [0.3, 0.4) is 0 Å². The quantitative estimate of drug-likeness (QED) is 0.0200. The molecule has 0 saturated heterocycles. The maximum absolute atomic E-state index is 12.7. The van der Waals surface area contributed by atoms with Gasteiger partial charge in [-0.2, -0.15) is 0 Å². The fourth-order valence-corrected chi connectivity index (χ4v) is 6.85. The molecule has 59 heavy (non-hydrogen) atoms. The van der Waals surface area contributed by atoms with E-state index in [1.165, 1.54) is 109 Å². The van der Waals surface area contributed by atoms with Crippen molar-refractivity contribution in [3.63, 3.8) is 0 Å². The van der Waals surface area contributed by atoms with Crippen molar-refractivity contribution in [1.29, 1.82) is 0 Å². The van der Waals surface area contributed by atoms with Crippen molar-refractivity contribution in [3.8, 4) is 0 Å². The molecule has 0 aliphatic rings. The van der Waals surface area contributed by atoms with E-state index in [0.29, 0.717) is 12.8 Å². The number of rotatable bonds is 44. The molecule has 0 amide bonds. The first kappa shape index (κ1) is 56.1. The predicted molar refractivity (Wildman–Crippen MR) is 251 cm³/mol. The van der Waals surface area contributed by atoms with Gasteiger partial charge in [0.15, 0.2) is 6.10 Å². The Morgan fingerprint density at radius 1 is 0.356 bits per heavy atom. The van der Waals surface area contributed by atoms with Crippen LogP contribution in [0.5, 0.6) is 0 Å². The minimum Gasteiger partial charge on any atom is -0.462 e. The lowest BCUT2D eigenvalue weighted by Gasteiger charge is -2.18. The zero-order valence-electron chi connectivity index (χ0n) is 38.8. The molecular formula is C53H92O6. The number of ether oxygens (including phenoxy) is 3. The van der Waals surface area contributed by atoms with Crippen LogP contribution in [-0.4, -0.2) is 37.2 Å². The number of allylic oxidation sites excluding steroid dienone is 10.